The van der Waals surface area contributed by atoms with Gasteiger partial charge in [0.05, 0.1) is 29.8 Å². The fourth-order valence-corrected chi connectivity index (χ4v) is 6.89. The number of nitrogens with zero attached hydrogens (tertiary/aromatic N) is 3. The van der Waals surface area contributed by atoms with E-state index in [0.29, 0.717) is 16.6 Å². The number of aromatic nitrogens is 2. The third kappa shape index (κ3) is 4.48. The molecule has 1 aliphatic rings. The summed E-state index contributed by atoms with van der Waals surface area (Å²) in [6.45, 7) is 2.31. The molecule has 0 saturated carbocycles. The highest BCUT2D eigenvalue weighted by atomic mass is 32.2. The van der Waals surface area contributed by atoms with E-state index in [1.807, 2.05) is 37.3 Å². The number of thiophene rings is 1. The number of methoxy groups -OCH3 is 1. The number of sulfone groups is 1. The Labute approximate surface area is 190 Å². The van der Waals surface area contributed by atoms with Crippen molar-refractivity contribution in [3.8, 4) is 11.1 Å². The second-order valence-electron chi connectivity index (χ2n) is 7.89. The minimum atomic E-state index is -3.16. The van der Waals surface area contributed by atoms with E-state index in [2.05, 4.69) is 4.98 Å². The zero-order valence-corrected chi connectivity index (χ0v) is 19.6. The molecule has 4 rings (SSSR count). The van der Waals surface area contributed by atoms with Crippen LogP contribution in [-0.2, 0) is 25.9 Å². The van der Waals surface area contributed by atoms with Crippen LogP contribution in [0.2, 0.25) is 0 Å². The largest absolute Gasteiger partial charge is 0.383 e. The summed E-state index contributed by atoms with van der Waals surface area (Å²) in [7, 11) is -1.63. The van der Waals surface area contributed by atoms with Gasteiger partial charge in [0.25, 0.3) is 5.56 Å². The number of aryl methyl sites for hydroxylation is 1. The smallest absolute Gasteiger partial charge is 0.263 e. The third-order valence-electron chi connectivity index (χ3n) is 5.73. The molecular formula is C22H25N3O5S2. The zero-order valence-electron chi connectivity index (χ0n) is 18.0. The lowest BCUT2D eigenvalue weighted by molar-refractivity contribution is -0.134. The van der Waals surface area contributed by atoms with E-state index in [-0.39, 0.29) is 42.7 Å². The van der Waals surface area contributed by atoms with Gasteiger partial charge >= 0.3 is 0 Å². The Hall–Kier alpha value is -2.56. The van der Waals surface area contributed by atoms with Gasteiger partial charge in [-0.3, -0.25) is 14.2 Å². The molecule has 1 unspecified atom stereocenters. The fraction of sp³-hybridized carbons (Fsp3) is 0.409. The summed E-state index contributed by atoms with van der Waals surface area (Å²) in [6, 6.07) is 9.24. The highest BCUT2D eigenvalue weighted by Gasteiger charge is 2.34. The van der Waals surface area contributed by atoms with E-state index in [1.54, 1.807) is 0 Å². The standard InChI is InChI=1S/C22H25N3O5S2/c1-15-19(16-6-4-3-5-7-16)20-21(31-15)23-14-24(22(20)27)12-18(26)25(9-10-30-2)17-8-11-32(28,29)13-17/h3-7,14,17H,8-13H2,1-2H3. The van der Waals surface area contributed by atoms with Crippen LogP contribution in [-0.4, -0.2) is 66.6 Å². The fourth-order valence-electron chi connectivity index (χ4n) is 4.16. The summed E-state index contributed by atoms with van der Waals surface area (Å²) in [5.41, 5.74) is 1.48. The van der Waals surface area contributed by atoms with Crippen LogP contribution < -0.4 is 5.56 Å². The van der Waals surface area contributed by atoms with Gasteiger partial charge in [-0.15, -0.1) is 11.3 Å². The normalized spacial score (nSPS) is 17.6. The first-order chi connectivity index (χ1) is 15.3. The number of amides is 1. The van der Waals surface area contributed by atoms with Crippen LogP contribution in [0.4, 0.5) is 0 Å². The number of hydrogen-bond donors (Lipinski definition) is 0. The summed E-state index contributed by atoms with van der Waals surface area (Å²) in [4.78, 5) is 34.1. The Morgan fingerprint density at radius 1 is 1.31 bits per heavy atom. The summed E-state index contributed by atoms with van der Waals surface area (Å²) >= 11 is 1.45. The predicted octanol–water partition coefficient (Wildman–Crippen LogP) is 2.10. The highest BCUT2D eigenvalue weighted by molar-refractivity contribution is 7.91. The molecule has 10 heteroatoms. The number of benzene rings is 1. The summed E-state index contributed by atoms with van der Waals surface area (Å²) < 4.78 is 30.3. The summed E-state index contributed by atoms with van der Waals surface area (Å²) in [6.07, 6.45) is 1.79. The van der Waals surface area contributed by atoms with Crippen LogP contribution in [0, 0.1) is 6.92 Å². The molecule has 0 N–H and O–H groups in total. The van der Waals surface area contributed by atoms with Gasteiger partial charge in [0, 0.05) is 30.1 Å². The second-order valence-corrected chi connectivity index (χ2v) is 11.3. The average molecular weight is 476 g/mol. The first-order valence-electron chi connectivity index (χ1n) is 10.3. The number of hydrogen-bond acceptors (Lipinski definition) is 7. The summed E-state index contributed by atoms with van der Waals surface area (Å²) in [5.74, 6) is -0.312. The van der Waals surface area contributed by atoms with Crippen LogP contribution in [0.25, 0.3) is 21.3 Å². The lowest BCUT2D eigenvalue weighted by Gasteiger charge is -2.28. The molecule has 0 bridgehead atoms. The minimum absolute atomic E-state index is 0.0590. The van der Waals surface area contributed by atoms with Crippen LogP contribution >= 0.6 is 11.3 Å². The molecule has 0 aliphatic carbocycles. The van der Waals surface area contributed by atoms with Crippen molar-refractivity contribution < 1.29 is 17.9 Å². The molecule has 3 heterocycles. The quantitative estimate of drug-likeness (QED) is 0.519. The minimum Gasteiger partial charge on any atom is -0.383 e. The van der Waals surface area contributed by atoms with Gasteiger partial charge in [-0.25, -0.2) is 13.4 Å². The molecule has 0 radical (unpaired) electrons. The lowest BCUT2D eigenvalue weighted by atomic mass is 10.0. The van der Waals surface area contributed by atoms with Crippen LogP contribution in [0.3, 0.4) is 0 Å². The van der Waals surface area contributed by atoms with Crippen molar-refractivity contribution in [3.05, 3.63) is 51.9 Å². The lowest BCUT2D eigenvalue weighted by Crippen LogP contribution is -2.45. The van der Waals surface area contributed by atoms with Crippen molar-refractivity contribution in [2.75, 3.05) is 31.8 Å². The van der Waals surface area contributed by atoms with Gasteiger partial charge in [-0.05, 0) is 18.9 Å². The molecule has 1 aliphatic heterocycles. The van der Waals surface area contributed by atoms with Gasteiger partial charge < -0.3 is 9.64 Å². The molecule has 0 spiro atoms. The molecule has 1 atom stereocenters. The highest BCUT2D eigenvalue weighted by Crippen LogP contribution is 2.35. The number of carbonyl (C=O) groups is 1. The van der Waals surface area contributed by atoms with Gasteiger partial charge in [0.1, 0.15) is 11.4 Å². The van der Waals surface area contributed by atoms with Gasteiger partial charge in [0.2, 0.25) is 5.91 Å². The average Bonchev–Trinajstić information content (AvgIpc) is 3.30. The van der Waals surface area contributed by atoms with Gasteiger partial charge in [-0.2, -0.15) is 0 Å². The van der Waals surface area contributed by atoms with Crippen molar-refractivity contribution in [2.24, 2.45) is 0 Å². The molecule has 2 aromatic heterocycles. The number of ether oxygens (including phenoxy) is 1. The Kier molecular flexibility index (Phi) is 6.45. The van der Waals surface area contributed by atoms with Gasteiger partial charge in [0.15, 0.2) is 9.84 Å². The Morgan fingerprint density at radius 3 is 2.72 bits per heavy atom. The Bertz CT molecular complexity index is 1300. The molecular weight excluding hydrogens is 450 g/mol. The van der Waals surface area contributed by atoms with Crippen molar-refractivity contribution >= 4 is 37.3 Å². The number of fused-ring (bicyclic) bond motifs is 1. The zero-order chi connectivity index (χ0) is 22.9. The number of carbonyl (C=O) groups excluding carboxylic acids is 1. The molecule has 8 nitrogen and oxygen atoms in total. The van der Waals surface area contributed by atoms with E-state index in [1.165, 1.54) is 34.2 Å². The molecule has 1 aromatic carbocycles. The van der Waals surface area contributed by atoms with E-state index < -0.39 is 15.9 Å². The van der Waals surface area contributed by atoms with E-state index in [9.17, 15) is 18.0 Å². The first-order valence-corrected chi connectivity index (χ1v) is 13.0. The predicted molar refractivity (Wildman–Crippen MR) is 125 cm³/mol. The SMILES string of the molecule is COCCN(C(=O)Cn1cnc2sc(C)c(-c3ccccc3)c2c1=O)C1CCS(=O)(=O)C1. The molecule has 170 valence electrons. The van der Waals surface area contributed by atoms with E-state index in [4.69, 9.17) is 4.74 Å². The molecule has 1 amide bonds. The van der Waals surface area contributed by atoms with Crippen LogP contribution in [0.5, 0.6) is 0 Å². The maximum absolute atomic E-state index is 13.4. The van der Waals surface area contributed by atoms with Crippen LogP contribution in [0.1, 0.15) is 11.3 Å². The maximum atomic E-state index is 13.4. The molecule has 1 fully saturated rings. The van der Waals surface area contributed by atoms with Crippen molar-refractivity contribution in [1.29, 1.82) is 0 Å². The first kappa shape index (κ1) is 22.6. The molecule has 32 heavy (non-hydrogen) atoms. The second kappa shape index (κ2) is 9.13. The Balaban J connectivity index is 1.68. The van der Waals surface area contributed by atoms with Crippen molar-refractivity contribution in [2.45, 2.75) is 25.9 Å². The van der Waals surface area contributed by atoms with E-state index >= 15 is 0 Å². The monoisotopic (exact) mass is 475 g/mol. The van der Waals surface area contributed by atoms with Crippen LogP contribution in [0.15, 0.2) is 41.5 Å². The van der Waals surface area contributed by atoms with Gasteiger partial charge in [-0.1, -0.05) is 30.3 Å². The van der Waals surface area contributed by atoms with Crippen molar-refractivity contribution in [1.82, 2.24) is 14.5 Å². The number of rotatable bonds is 7. The maximum Gasteiger partial charge on any atom is 0.263 e. The summed E-state index contributed by atoms with van der Waals surface area (Å²) in [5, 5.41) is 0.501. The van der Waals surface area contributed by atoms with E-state index in [0.717, 1.165) is 16.0 Å². The topological polar surface area (TPSA) is 98.6 Å². The third-order valence-corrected chi connectivity index (χ3v) is 8.49. The molecule has 3 aromatic rings. The van der Waals surface area contributed by atoms with Crippen molar-refractivity contribution in [3.63, 3.8) is 0 Å². The molecule has 1 saturated heterocycles. The Morgan fingerprint density at radius 2 is 2.06 bits per heavy atom.